The Morgan fingerprint density at radius 2 is 1.74 bits per heavy atom. The summed E-state index contributed by atoms with van der Waals surface area (Å²) in [6.45, 7) is 2.06. The maximum atomic E-state index is 12.6. The molecule has 8 heteroatoms. The van der Waals surface area contributed by atoms with Crippen LogP contribution in [-0.4, -0.2) is 39.8 Å². The number of hydrogen-bond donors (Lipinski definition) is 1. The van der Waals surface area contributed by atoms with Gasteiger partial charge in [0.2, 0.25) is 11.7 Å². The molecule has 1 aromatic carbocycles. The molecule has 0 radical (unpaired) electrons. The Morgan fingerprint density at radius 3 is 2.35 bits per heavy atom. The number of carbonyl (C=O) groups is 2. The Hall–Kier alpha value is -3.00. The van der Waals surface area contributed by atoms with Gasteiger partial charge < -0.3 is 24.3 Å². The molecule has 1 amide bonds. The molecule has 166 valence electrons. The Labute approximate surface area is 186 Å². The number of methoxy groups -OCH3 is 3. The molecule has 31 heavy (non-hydrogen) atoms. The van der Waals surface area contributed by atoms with Crippen molar-refractivity contribution in [3.05, 3.63) is 39.8 Å². The van der Waals surface area contributed by atoms with Crippen LogP contribution in [0.15, 0.2) is 18.2 Å². The first-order valence-electron chi connectivity index (χ1n) is 10.1. The molecule has 0 spiro atoms. The second-order valence-corrected chi connectivity index (χ2v) is 8.02. The van der Waals surface area contributed by atoms with Crippen LogP contribution in [0, 0.1) is 0 Å². The number of nitrogens with one attached hydrogen (secondary N) is 1. The number of carbonyl (C=O) groups excluding carboxylic acids is 2. The first-order valence-corrected chi connectivity index (χ1v) is 10.9. The molecule has 0 bridgehead atoms. The minimum absolute atomic E-state index is 0.290. The summed E-state index contributed by atoms with van der Waals surface area (Å²) in [6, 6.07) is 3.50. The van der Waals surface area contributed by atoms with Crippen LogP contribution >= 0.6 is 11.3 Å². The van der Waals surface area contributed by atoms with E-state index in [0.29, 0.717) is 33.4 Å². The molecule has 3 rings (SSSR count). The van der Waals surface area contributed by atoms with Gasteiger partial charge in [0.15, 0.2) is 11.5 Å². The molecule has 0 fully saturated rings. The van der Waals surface area contributed by atoms with Crippen LogP contribution in [-0.2, 0) is 22.4 Å². The van der Waals surface area contributed by atoms with Crippen molar-refractivity contribution in [1.29, 1.82) is 0 Å². The standard InChI is InChI=1S/C23H27NO6S/c1-5-30-23(26)20-15-8-6-7-9-18(15)31-22(20)24-19(25)11-10-14-12-16(27-2)21(29-4)17(13-14)28-3/h10-13H,5-9H2,1-4H3,(H,24,25)/b11-10+. The van der Waals surface area contributed by atoms with Gasteiger partial charge in [0, 0.05) is 11.0 Å². The van der Waals surface area contributed by atoms with E-state index < -0.39 is 0 Å². The normalized spacial score (nSPS) is 12.9. The van der Waals surface area contributed by atoms with Gasteiger partial charge in [-0.15, -0.1) is 11.3 Å². The Balaban J connectivity index is 1.83. The summed E-state index contributed by atoms with van der Waals surface area (Å²) in [5.41, 5.74) is 2.22. The number of thiophene rings is 1. The lowest BCUT2D eigenvalue weighted by molar-refractivity contribution is -0.111. The second-order valence-electron chi connectivity index (χ2n) is 6.92. The minimum atomic E-state index is -0.384. The summed E-state index contributed by atoms with van der Waals surface area (Å²) >= 11 is 1.46. The van der Waals surface area contributed by atoms with Crippen LogP contribution in [0.1, 0.15) is 46.1 Å². The fourth-order valence-electron chi connectivity index (χ4n) is 3.60. The average Bonchev–Trinajstić information content (AvgIpc) is 3.14. The van der Waals surface area contributed by atoms with E-state index in [-0.39, 0.29) is 18.5 Å². The van der Waals surface area contributed by atoms with Gasteiger partial charge in [-0.3, -0.25) is 4.79 Å². The van der Waals surface area contributed by atoms with Gasteiger partial charge in [-0.05, 0) is 61.9 Å². The van der Waals surface area contributed by atoms with Crippen molar-refractivity contribution in [3.8, 4) is 17.2 Å². The molecule has 1 heterocycles. The number of anilines is 1. The van der Waals surface area contributed by atoms with E-state index in [1.54, 1.807) is 25.1 Å². The van der Waals surface area contributed by atoms with Crippen molar-refractivity contribution in [2.24, 2.45) is 0 Å². The Kier molecular flexibility index (Phi) is 7.57. The lowest BCUT2D eigenvalue weighted by atomic mass is 9.95. The van der Waals surface area contributed by atoms with Gasteiger partial charge in [-0.25, -0.2) is 4.79 Å². The third-order valence-electron chi connectivity index (χ3n) is 5.00. The molecule has 0 aliphatic heterocycles. The molecular formula is C23H27NO6S. The number of esters is 1. The highest BCUT2D eigenvalue weighted by Gasteiger charge is 2.27. The van der Waals surface area contributed by atoms with Crippen molar-refractivity contribution in [3.63, 3.8) is 0 Å². The molecule has 0 saturated heterocycles. The van der Waals surface area contributed by atoms with Crippen LogP contribution in [0.25, 0.3) is 6.08 Å². The molecule has 0 unspecified atom stereocenters. The van der Waals surface area contributed by atoms with Gasteiger partial charge in [-0.1, -0.05) is 0 Å². The van der Waals surface area contributed by atoms with Gasteiger partial charge in [0.05, 0.1) is 33.5 Å². The van der Waals surface area contributed by atoms with Gasteiger partial charge in [-0.2, -0.15) is 0 Å². The molecule has 0 atom stereocenters. The van der Waals surface area contributed by atoms with Crippen LogP contribution in [0.4, 0.5) is 5.00 Å². The second kappa shape index (κ2) is 10.3. The largest absolute Gasteiger partial charge is 0.493 e. The molecule has 1 aliphatic rings. The van der Waals surface area contributed by atoms with E-state index in [9.17, 15) is 9.59 Å². The maximum Gasteiger partial charge on any atom is 0.341 e. The third-order valence-corrected chi connectivity index (χ3v) is 6.21. The van der Waals surface area contributed by atoms with Crippen LogP contribution < -0.4 is 19.5 Å². The Bertz CT molecular complexity index is 969. The zero-order valence-electron chi connectivity index (χ0n) is 18.2. The lowest BCUT2D eigenvalue weighted by Gasteiger charge is -2.13. The Morgan fingerprint density at radius 1 is 1.06 bits per heavy atom. The lowest BCUT2D eigenvalue weighted by Crippen LogP contribution is -2.14. The smallest absolute Gasteiger partial charge is 0.341 e. The first kappa shape index (κ1) is 22.7. The number of fused-ring (bicyclic) bond motifs is 1. The predicted octanol–water partition coefficient (Wildman–Crippen LogP) is 4.48. The summed E-state index contributed by atoms with van der Waals surface area (Å²) in [7, 11) is 4.60. The zero-order chi connectivity index (χ0) is 22.4. The van der Waals surface area contributed by atoms with Crippen molar-refractivity contribution >= 4 is 34.3 Å². The molecule has 1 aliphatic carbocycles. The summed E-state index contributed by atoms with van der Waals surface area (Å²) < 4.78 is 21.2. The number of rotatable bonds is 8. The topological polar surface area (TPSA) is 83.1 Å². The highest BCUT2D eigenvalue weighted by molar-refractivity contribution is 7.17. The number of aryl methyl sites for hydroxylation is 1. The quantitative estimate of drug-likeness (QED) is 0.476. The van der Waals surface area contributed by atoms with Gasteiger partial charge in [0.1, 0.15) is 5.00 Å². The van der Waals surface area contributed by atoms with Gasteiger partial charge in [0.25, 0.3) is 0 Å². The molecular weight excluding hydrogens is 418 g/mol. The van der Waals surface area contributed by atoms with Crippen molar-refractivity contribution < 1.29 is 28.5 Å². The van der Waals surface area contributed by atoms with E-state index in [0.717, 1.165) is 36.1 Å². The number of benzene rings is 1. The van der Waals surface area contributed by atoms with Crippen molar-refractivity contribution in [1.82, 2.24) is 0 Å². The third kappa shape index (κ3) is 5.02. The van der Waals surface area contributed by atoms with Crippen LogP contribution in [0.3, 0.4) is 0 Å². The number of ether oxygens (including phenoxy) is 4. The molecule has 7 nitrogen and oxygen atoms in total. The fourth-order valence-corrected chi connectivity index (χ4v) is 4.88. The molecule has 0 saturated carbocycles. The van der Waals surface area contributed by atoms with E-state index in [1.807, 2.05) is 0 Å². The summed E-state index contributed by atoms with van der Waals surface area (Å²) in [5.74, 6) is 0.758. The number of amides is 1. The first-order chi connectivity index (χ1) is 15.0. The van der Waals surface area contributed by atoms with Crippen molar-refractivity contribution in [2.75, 3.05) is 33.3 Å². The number of hydrogen-bond acceptors (Lipinski definition) is 7. The minimum Gasteiger partial charge on any atom is -0.493 e. The highest BCUT2D eigenvalue weighted by Crippen LogP contribution is 2.39. The van der Waals surface area contributed by atoms with Crippen LogP contribution in [0.2, 0.25) is 0 Å². The predicted molar refractivity (Wildman–Crippen MR) is 121 cm³/mol. The van der Waals surface area contributed by atoms with E-state index >= 15 is 0 Å². The van der Waals surface area contributed by atoms with Gasteiger partial charge >= 0.3 is 5.97 Å². The SMILES string of the molecule is CCOC(=O)c1c(NC(=O)/C=C/c2cc(OC)c(OC)c(OC)c2)sc2c1CCCC2. The van der Waals surface area contributed by atoms with Crippen molar-refractivity contribution in [2.45, 2.75) is 32.6 Å². The van der Waals surface area contributed by atoms with E-state index in [1.165, 1.54) is 38.7 Å². The van der Waals surface area contributed by atoms with Crippen LogP contribution in [0.5, 0.6) is 17.2 Å². The molecule has 2 aromatic rings. The summed E-state index contributed by atoms with van der Waals surface area (Å²) in [6.07, 6.45) is 6.93. The highest BCUT2D eigenvalue weighted by atomic mass is 32.1. The van der Waals surface area contributed by atoms with E-state index in [2.05, 4.69) is 5.32 Å². The summed E-state index contributed by atoms with van der Waals surface area (Å²) in [5, 5.41) is 3.41. The average molecular weight is 446 g/mol. The molecule has 1 N–H and O–H groups in total. The van der Waals surface area contributed by atoms with E-state index in [4.69, 9.17) is 18.9 Å². The molecule has 1 aromatic heterocycles. The fraction of sp³-hybridized carbons (Fsp3) is 0.391. The summed E-state index contributed by atoms with van der Waals surface area (Å²) in [4.78, 5) is 26.3. The zero-order valence-corrected chi connectivity index (χ0v) is 19.0. The monoisotopic (exact) mass is 445 g/mol. The maximum absolute atomic E-state index is 12.6.